The van der Waals surface area contributed by atoms with Crippen molar-refractivity contribution in [2.24, 2.45) is 0 Å². The summed E-state index contributed by atoms with van der Waals surface area (Å²) in [5.41, 5.74) is 1.28. The number of nitrogens with one attached hydrogen (secondary N) is 1. The Hall–Kier alpha value is -1.20. The van der Waals surface area contributed by atoms with Crippen molar-refractivity contribution in [1.29, 1.82) is 0 Å². The van der Waals surface area contributed by atoms with E-state index in [1.807, 2.05) is 23.7 Å². The first-order valence-electron chi connectivity index (χ1n) is 6.44. The van der Waals surface area contributed by atoms with Crippen molar-refractivity contribution >= 4 is 11.3 Å². The van der Waals surface area contributed by atoms with Gasteiger partial charge in [-0.15, -0.1) is 11.3 Å². The topological polar surface area (TPSA) is 44.8 Å². The average molecular weight is 262 g/mol. The predicted molar refractivity (Wildman–Crippen MR) is 72.7 cm³/mol. The molecule has 3 heterocycles. The van der Waals surface area contributed by atoms with Crippen LogP contribution in [-0.4, -0.2) is 33.2 Å². The van der Waals surface area contributed by atoms with Gasteiger partial charge in [-0.2, -0.15) is 5.10 Å². The van der Waals surface area contributed by atoms with Gasteiger partial charge in [0, 0.05) is 42.0 Å². The molecular formula is C13H18N4S. The van der Waals surface area contributed by atoms with E-state index in [0.717, 1.165) is 18.1 Å². The maximum absolute atomic E-state index is 4.33. The van der Waals surface area contributed by atoms with Crippen LogP contribution >= 0.6 is 11.3 Å². The summed E-state index contributed by atoms with van der Waals surface area (Å²) in [6.07, 6.45) is 6.39. The number of H-pyrrole nitrogens is 1. The van der Waals surface area contributed by atoms with Gasteiger partial charge in [-0.3, -0.25) is 10.00 Å². The molecule has 4 nitrogen and oxygen atoms in total. The van der Waals surface area contributed by atoms with E-state index >= 15 is 0 Å². The lowest BCUT2D eigenvalue weighted by atomic mass is 9.95. The van der Waals surface area contributed by atoms with Crippen molar-refractivity contribution < 1.29 is 0 Å². The summed E-state index contributed by atoms with van der Waals surface area (Å²) in [6.45, 7) is 5.43. The number of nitrogens with zero attached hydrogens (tertiary/aromatic N) is 3. The van der Waals surface area contributed by atoms with Crippen LogP contribution in [0.5, 0.6) is 0 Å². The Balaban J connectivity index is 1.63. The summed E-state index contributed by atoms with van der Waals surface area (Å²) < 4.78 is 0. The zero-order valence-corrected chi connectivity index (χ0v) is 11.4. The van der Waals surface area contributed by atoms with E-state index in [0.29, 0.717) is 5.92 Å². The summed E-state index contributed by atoms with van der Waals surface area (Å²) in [7, 11) is 0. The largest absolute Gasteiger partial charge is 0.298 e. The van der Waals surface area contributed by atoms with Gasteiger partial charge < -0.3 is 0 Å². The highest BCUT2D eigenvalue weighted by molar-refractivity contribution is 7.11. The first-order valence-corrected chi connectivity index (χ1v) is 7.26. The lowest BCUT2D eigenvalue weighted by Gasteiger charge is -2.31. The van der Waals surface area contributed by atoms with Crippen molar-refractivity contribution in [3.8, 4) is 0 Å². The summed E-state index contributed by atoms with van der Waals surface area (Å²) in [6, 6.07) is 2.10. The highest BCUT2D eigenvalue weighted by Crippen LogP contribution is 2.26. The molecule has 0 unspecified atom stereocenters. The summed E-state index contributed by atoms with van der Waals surface area (Å²) >= 11 is 1.81. The van der Waals surface area contributed by atoms with Crippen molar-refractivity contribution in [2.75, 3.05) is 13.1 Å². The average Bonchev–Trinajstić information content (AvgIpc) is 3.01. The molecular weight excluding hydrogens is 244 g/mol. The van der Waals surface area contributed by atoms with Crippen LogP contribution in [0, 0.1) is 6.92 Å². The van der Waals surface area contributed by atoms with Crippen LogP contribution in [0.1, 0.15) is 34.3 Å². The van der Waals surface area contributed by atoms with Crippen molar-refractivity contribution in [3.05, 3.63) is 34.0 Å². The van der Waals surface area contributed by atoms with Crippen molar-refractivity contribution in [2.45, 2.75) is 32.2 Å². The molecule has 0 aliphatic carbocycles. The number of aromatic nitrogens is 3. The fraction of sp³-hybridized carbons (Fsp3) is 0.538. The smallest absolute Gasteiger partial charge is 0.0897 e. The molecule has 1 aliphatic heterocycles. The van der Waals surface area contributed by atoms with Gasteiger partial charge in [-0.25, -0.2) is 4.98 Å². The maximum atomic E-state index is 4.33. The molecule has 18 heavy (non-hydrogen) atoms. The molecule has 96 valence electrons. The minimum Gasteiger partial charge on any atom is -0.298 e. The first-order chi connectivity index (χ1) is 8.81. The van der Waals surface area contributed by atoms with Gasteiger partial charge in [-0.05, 0) is 32.4 Å². The lowest BCUT2D eigenvalue weighted by Crippen LogP contribution is -2.33. The highest BCUT2D eigenvalue weighted by Gasteiger charge is 2.22. The van der Waals surface area contributed by atoms with E-state index in [2.05, 4.69) is 33.1 Å². The Morgan fingerprint density at radius 3 is 3.22 bits per heavy atom. The predicted octanol–water partition coefficient (Wildman–Crippen LogP) is 2.55. The molecule has 0 spiro atoms. The normalized spacial score (nSPS) is 21.3. The third-order valence-electron chi connectivity index (χ3n) is 3.52. The summed E-state index contributed by atoms with van der Waals surface area (Å²) in [5, 5.41) is 8.33. The van der Waals surface area contributed by atoms with E-state index in [1.165, 1.54) is 30.0 Å². The van der Waals surface area contributed by atoms with Crippen molar-refractivity contribution in [1.82, 2.24) is 20.1 Å². The Kier molecular flexibility index (Phi) is 3.43. The molecule has 1 fully saturated rings. The number of likely N-dealkylation sites (tertiary alicyclic amines) is 1. The number of hydrogen-bond acceptors (Lipinski definition) is 4. The Morgan fingerprint density at radius 1 is 1.56 bits per heavy atom. The van der Waals surface area contributed by atoms with Gasteiger partial charge in [0.2, 0.25) is 0 Å². The fourth-order valence-corrected chi connectivity index (χ4v) is 3.48. The first kappa shape index (κ1) is 11.9. The van der Waals surface area contributed by atoms with Gasteiger partial charge in [0.25, 0.3) is 0 Å². The van der Waals surface area contributed by atoms with Crippen molar-refractivity contribution in [3.63, 3.8) is 0 Å². The van der Waals surface area contributed by atoms with Gasteiger partial charge in [0.1, 0.15) is 0 Å². The minimum absolute atomic E-state index is 0.607. The van der Waals surface area contributed by atoms with Crippen LogP contribution in [0.15, 0.2) is 18.5 Å². The zero-order valence-electron chi connectivity index (χ0n) is 10.6. The lowest BCUT2D eigenvalue weighted by molar-refractivity contribution is 0.200. The molecule has 0 radical (unpaired) electrons. The Labute approximate surface area is 111 Å². The molecule has 2 aromatic heterocycles. The molecule has 3 rings (SSSR count). The van der Waals surface area contributed by atoms with E-state index in [4.69, 9.17) is 0 Å². The number of rotatable bonds is 3. The standard InChI is InChI=1S/C13H18N4S/c1-10-14-7-12(18-10)9-17-6-2-3-11(8-17)13-4-5-15-16-13/h4-5,7,11H,2-3,6,8-9H2,1H3,(H,15,16)/t11-/m1/s1. The van der Waals surface area contributed by atoms with Gasteiger partial charge in [0.15, 0.2) is 0 Å². The second-order valence-corrected chi connectivity index (χ2v) is 6.25. The summed E-state index contributed by atoms with van der Waals surface area (Å²) in [5.74, 6) is 0.607. The van der Waals surface area contributed by atoms with Gasteiger partial charge >= 0.3 is 0 Å². The van der Waals surface area contributed by atoms with E-state index < -0.39 is 0 Å². The molecule has 1 aliphatic rings. The molecule has 1 atom stereocenters. The number of aryl methyl sites for hydroxylation is 1. The number of piperidine rings is 1. The molecule has 1 saturated heterocycles. The van der Waals surface area contributed by atoms with E-state index in [9.17, 15) is 0 Å². The maximum Gasteiger partial charge on any atom is 0.0897 e. The van der Waals surface area contributed by atoms with Crippen LogP contribution in [0.2, 0.25) is 0 Å². The van der Waals surface area contributed by atoms with E-state index in [-0.39, 0.29) is 0 Å². The Bertz CT molecular complexity index is 491. The van der Waals surface area contributed by atoms with Crippen LogP contribution in [0.3, 0.4) is 0 Å². The van der Waals surface area contributed by atoms with Gasteiger partial charge in [0.05, 0.1) is 5.01 Å². The number of hydrogen-bond donors (Lipinski definition) is 1. The van der Waals surface area contributed by atoms with Crippen LogP contribution in [0.25, 0.3) is 0 Å². The molecule has 1 N–H and O–H groups in total. The molecule has 2 aromatic rings. The second-order valence-electron chi connectivity index (χ2n) is 4.93. The van der Waals surface area contributed by atoms with Gasteiger partial charge in [-0.1, -0.05) is 0 Å². The fourth-order valence-electron chi connectivity index (χ4n) is 2.65. The second kappa shape index (κ2) is 5.20. The highest BCUT2D eigenvalue weighted by atomic mass is 32.1. The molecule has 0 bridgehead atoms. The van der Waals surface area contributed by atoms with Crippen LogP contribution < -0.4 is 0 Å². The zero-order chi connectivity index (χ0) is 12.4. The molecule has 0 saturated carbocycles. The van der Waals surface area contributed by atoms with Crippen LogP contribution in [-0.2, 0) is 6.54 Å². The Morgan fingerprint density at radius 2 is 2.50 bits per heavy atom. The quantitative estimate of drug-likeness (QED) is 0.924. The molecule has 5 heteroatoms. The molecule has 0 aromatic carbocycles. The third-order valence-corrected chi connectivity index (χ3v) is 4.41. The minimum atomic E-state index is 0.607. The van der Waals surface area contributed by atoms with Crippen LogP contribution in [0.4, 0.5) is 0 Å². The number of aromatic amines is 1. The number of thiazole rings is 1. The van der Waals surface area contributed by atoms with E-state index in [1.54, 1.807) is 0 Å². The SMILES string of the molecule is Cc1ncc(CN2CCC[C@@H](c3ccn[nH]3)C2)s1. The molecule has 0 amide bonds. The third kappa shape index (κ3) is 2.62. The monoisotopic (exact) mass is 262 g/mol. The summed E-state index contributed by atoms with van der Waals surface area (Å²) in [4.78, 5) is 8.23.